The number of hydrogen-bond acceptors (Lipinski definition) is 4. The molecule has 0 aromatic rings. The van der Waals surface area contributed by atoms with E-state index in [1.54, 1.807) is 4.90 Å². The molecule has 0 spiro atoms. The zero-order chi connectivity index (χ0) is 13.0. The molecule has 3 aliphatic rings. The molecule has 0 aromatic heterocycles. The lowest BCUT2D eigenvalue weighted by Gasteiger charge is -2.31. The molecule has 2 aliphatic carbocycles. The van der Waals surface area contributed by atoms with Gasteiger partial charge in [0.05, 0.1) is 17.9 Å². The molecule has 100 valence electrons. The van der Waals surface area contributed by atoms with E-state index in [-0.39, 0.29) is 41.7 Å². The third-order valence-electron chi connectivity index (χ3n) is 4.94. The molecule has 1 N–H and O–H groups in total. The molecule has 1 saturated heterocycles. The van der Waals surface area contributed by atoms with Crippen LogP contribution in [0.4, 0.5) is 0 Å². The third kappa shape index (κ3) is 1.31. The van der Waals surface area contributed by atoms with Gasteiger partial charge in [-0.1, -0.05) is 0 Å². The van der Waals surface area contributed by atoms with E-state index in [1.807, 2.05) is 13.8 Å². The predicted octanol–water partition coefficient (Wildman–Crippen LogP) is 0.0232. The van der Waals surface area contributed by atoms with Gasteiger partial charge in [-0.15, -0.1) is 0 Å². The van der Waals surface area contributed by atoms with E-state index in [0.717, 1.165) is 6.42 Å². The van der Waals surface area contributed by atoms with Gasteiger partial charge in [-0.05, 0) is 20.3 Å². The monoisotopic (exact) mass is 253 g/mol. The van der Waals surface area contributed by atoms with Crippen LogP contribution in [0, 0.1) is 23.7 Å². The number of carbonyl (C=O) groups is 2. The second-order valence-electron chi connectivity index (χ2n) is 5.52. The van der Waals surface area contributed by atoms with Crippen LogP contribution in [0.25, 0.3) is 0 Å². The Morgan fingerprint density at radius 3 is 2.67 bits per heavy atom. The molecule has 0 radical (unpaired) electrons. The molecular weight excluding hydrogens is 234 g/mol. The number of aliphatic hydroxyl groups excluding tert-OH is 1. The molecule has 2 saturated carbocycles. The number of fused-ring (bicyclic) bond motifs is 1. The highest BCUT2D eigenvalue weighted by Crippen LogP contribution is 2.58. The summed E-state index contributed by atoms with van der Waals surface area (Å²) in [4.78, 5) is 26.1. The van der Waals surface area contributed by atoms with E-state index in [4.69, 9.17) is 4.74 Å². The van der Waals surface area contributed by atoms with Crippen molar-refractivity contribution in [1.82, 2.24) is 4.90 Å². The van der Waals surface area contributed by atoms with Crippen molar-refractivity contribution in [3.05, 3.63) is 0 Å². The van der Waals surface area contributed by atoms with E-state index >= 15 is 0 Å². The molecule has 5 nitrogen and oxygen atoms in total. The molecule has 5 heteroatoms. The zero-order valence-electron chi connectivity index (χ0n) is 10.7. The number of ether oxygens (including phenoxy) is 1. The molecule has 0 aromatic carbocycles. The van der Waals surface area contributed by atoms with Crippen molar-refractivity contribution >= 4 is 11.9 Å². The van der Waals surface area contributed by atoms with Crippen LogP contribution in [0.3, 0.4) is 0 Å². The summed E-state index contributed by atoms with van der Waals surface area (Å²) in [6.45, 7) is 5.15. The van der Waals surface area contributed by atoms with E-state index in [0.29, 0.717) is 13.1 Å². The van der Waals surface area contributed by atoms with Crippen molar-refractivity contribution < 1.29 is 19.4 Å². The standard InChI is InChI=1S/C13H19NO4/c1-3-14(4-2)12(16)8-6-5-7-9(8)13(17)18-11(7)10(6)15/h6-11,15H,3-5H2,1-2H3. The Bertz CT molecular complexity index is 392. The minimum atomic E-state index is -0.651. The van der Waals surface area contributed by atoms with E-state index in [9.17, 15) is 14.7 Å². The van der Waals surface area contributed by atoms with Crippen LogP contribution in [0.15, 0.2) is 0 Å². The Kier molecular flexibility index (Phi) is 2.62. The summed E-state index contributed by atoms with van der Waals surface area (Å²) in [5.74, 6) is -0.984. The summed E-state index contributed by atoms with van der Waals surface area (Å²) in [6.07, 6.45) is -0.254. The topological polar surface area (TPSA) is 66.8 Å². The molecule has 1 aliphatic heterocycles. The van der Waals surface area contributed by atoms with Crippen LogP contribution >= 0.6 is 0 Å². The van der Waals surface area contributed by atoms with Crippen LogP contribution in [0.1, 0.15) is 20.3 Å². The third-order valence-corrected chi connectivity index (χ3v) is 4.94. The minimum absolute atomic E-state index is 0.00819. The van der Waals surface area contributed by atoms with Crippen molar-refractivity contribution in [2.45, 2.75) is 32.5 Å². The number of hydrogen-bond donors (Lipinski definition) is 1. The molecule has 6 unspecified atom stereocenters. The van der Waals surface area contributed by atoms with Gasteiger partial charge >= 0.3 is 5.97 Å². The number of nitrogens with zero attached hydrogens (tertiary/aromatic N) is 1. The Balaban J connectivity index is 1.89. The Hall–Kier alpha value is -1.10. The SMILES string of the molecule is CCN(CC)C(=O)C1C2CC3C(OC(=O)C31)C2O. The lowest BCUT2D eigenvalue weighted by molar-refractivity contribution is -0.148. The average Bonchev–Trinajstić information content (AvgIpc) is 2.94. The van der Waals surface area contributed by atoms with Gasteiger partial charge in [-0.2, -0.15) is 0 Å². The van der Waals surface area contributed by atoms with E-state index in [2.05, 4.69) is 0 Å². The molecule has 6 atom stereocenters. The summed E-state index contributed by atoms with van der Waals surface area (Å²) in [7, 11) is 0. The highest BCUT2D eigenvalue weighted by atomic mass is 16.6. The second-order valence-corrected chi connectivity index (χ2v) is 5.52. The summed E-state index contributed by atoms with van der Waals surface area (Å²) < 4.78 is 5.22. The van der Waals surface area contributed by atoms with E-state index < -0.39 is 6.10 Å². The Labute approximate surface area is 106 Å². The lowest BCUT2D eigenvalue weighted by atomic mass is 9.77. The van der Waals surface area contributed by atoms with Gasteiger partial charge in [0.15, 0.2) is 0 Å². The van der Waals surface area contributed by atoms with Gasteiger partial charge < -0.3 is 14.7 Å². The van der Waals surface area contributed by atoms with Gasteiger partial charge in [0.1, 0.15) is 6.10 Å². The predicted molar refractivity (Wildman–Crippen MR) is 62.4 cm³/mol. The molecular formula is C13H19NO4. The van der Waals surface area contributed by atoms with Crippen LogP contribution in [-0.2, 0) is 14.3 Å². The number of carbonyl (C=O) groups excluding carboxylic acids is 2. The number of aliphatic hydroxyl groups is 1. The summed E-state index contributed by atoms with van der Waals surface area (Å²) in [5.41, 5.74) is 0. The lowest BCUT2D eigenvalue weighted by Crippen LogP contribution is -2.46. The van der Waals surface area contributed by atoms with Crippen LogP contribution in [-0.4, -0.2) is 47.2 Å². The maximum atomic E-state index is 12.5. The summed E-state index contributed by atoms with van der Waals surface area (Å²) in [5, 5.41) is 10.1. The summed E-state index contributed by atoms with van der Waals surface area (Å²) in [6, 6.07) is 0. The van der Waals surface area contributed by atoms with Crippen LogP contribution < -0.4 is 0 Å². The average molecular weight is 253 g/mol. The molecule has 3 fully saturated rings. The van der Waals surface area contributed by atoms with Crippen molar-refractivity contribution in [3.63, 3.8) is 0 Å². The fourth-order valence-corrected chi connectivity index (χ4v) is 4.10. The maximum absolute atomic E-state index is 12.5. The van der Waals surface area contributed by atoms with Gasteiger partial charge in [0, 0.05) is 24.9 Å². The quantitative estimate of drug-likeness (QED) is 0.720. The van der Waals surface area contributed by atoms with Crippen molar-refractivity contribution in [1.29, 1.82) is 0 Å². The Morgan fingerprint density at radius 1 is 1.39 bits per heavy atom. The normalized spacial score (nSPS) is 44.3. The first kappa shape index (κ1) is 12.0. The molecule has 1 heterocycles. The first-order valence-electron chi connectivity index (χ1n) is 6.77. The van der Waals surface area contributed by atoms with Crippen LogP contribution in [0.5, 0.6) is 0 Å². The van der Waals surface area contributed by atoms with Crippen molar-refractivity contribution in [3.8, 4) is 0 Å². The van der Waals surface area contributed by atoms with Gasteiger partial charge in [-0.25, -0.2) is 0 Å². The fourth-order valence-electron chi connectivity index (χ4n) is 4.10. The number of amides is 1. The second kappa shape index (κ2) is 3.95. The number of esters is 1. The number of rotatable bonds is 3. The molecule has 1 amide bonds. The largest absolute Gasteiger partial charge is 0.459 e. The van der Waals surface area contributed by atoms with Crippen molar-refractivity contribution in [2.75, 3.05) is 13.1 Å². The highest BCUT2D eigenvalue weighted by Gasteiger charge is 2.68. The minimum Gasteiger partial charge on any atom is -0.459 e. The maximum Gasteiger partial charge on any atom is 0.310 e. The molecule has 3 rings (SSSR count). The highest BCUT2D eigenvalue weighted by molar-refractivity contribution is 5.88. The molecule has 18 heavy (non-hydrogen) atoms. The summed E-state index contributed by atoms with van der Waals surface area (Å²) >= 11 is 0. The first-order chi connectivity index (χ1) is 8.60. The first-order valence-corrected chi connectivity index (χ1v) is 6.77. The van der Waals surface area contributed by atoms with Gasteiger partial charge in [-0.3, -0.25) is 9.59 Å². The van der Waals surface area contributed by atoms with Crippen molar-refractivity contribution in [2.24, 2.45) is 23.7 Å². The zero-order valence-corrected chi connectivity index (χ0v) is 10.7. The van der Waals surface area contributed by atoms with E-state index in [1.165, 1.54) is 0 Å². The Morgan fingerprint density at radius 2 is 2.06 bits per heavy atom. The van der Waals surface area contributed by atoms with Gasteiger partial charge in [0.2, 0.25) is 5.91 Å². The molecule has 2 bridgehead atoms. The van der Waals surface area contributed by atoms with Crippen LogP contribution in [0.2, 0.25) is 0 Å². The fraction of sp³-hybridized carbons (Fsp3) is 0.846. The van der Waals surface area contributed by atoms with Gasteiger partial charge in [0.25, 0.3) is 0 Å². The smallest absolute Gasteiger partial charge is 0.310 e.